The maximum atomic E-state index is 13.8. The van der Waals surface area contributed by atoms with Gasteiger partial charge in [0.25, 0.3) is 0 Å². The first-order valence-corrected chi connectivity index (χ1v) is 6.32. The van der Waals surface area contributed by atoms with E-state index in [4.69, 9.17) is 10.5 Å². The zero-order chi connectivity index (χ0) is 14.7. The Morgan fingerprint density at radius 1 is 1.00 bits per heavy atom. The smallest absolute Gasteiger partial charge is 0.167 e. The van der Waals surface area contributed by atoms with Crippen LogP contribution in [0.15, 0.2) is 61.1 Å². The number of ether oxygens (including phenoxy) is 1. The molecule has 2 aromatic heterocycles. The number of anilines is 1. The van der Waals surface area contributed by atoms with Gasteiger partial charge in [-0.1, -0.05) is 6.07 Å². The van der Waals surface area contributed by atoms with E-state index in [9.17, 15) is 4.39 Å². The number of nitrogens with two attached hydrogens (primary N) is 1. The van der Waals surface area contributed by atoms with Crippen LogP contribution >= 0.6 is 0 Å². The van der Waals surface area contributed by atoms with Crippen molar-refractivity contribution in [2.45, 2.75) is 0 Å². The van der Waals surface area contributed by atoms with Crippen LogP contribution in [0.25, 0.3) is 11.3 Å². The van der Waals surface area contributed by atoms with Gasteiger partial charge in [-0.3, -0.25) is 9.97 Å². The topological polar surface area (TPSA) is 61.0 Å². The van der Waals surface area contributed by atoms with E-state index in [1.807, 2.05) is 18.2 Å². The van der Waals surface area contributed by atoms with Gasteiger partial charge in [-0.05, 0) is 30.3 Å². The number of hydrogen-bond donors (Lipinski definition) is 1. The Kier molecular flexibility index (Phi) is 3.47. The van der Waals surface area contributed by atoms with Crippen molar-refractivity contribution in [2.24, 2.45) is 0 Å². The molecule has 0 aliphatic rings. The molecule has 0 aliphatic carbocycles. The first-order valence-electron chi connectivity index (χ1n) is 6.32. The molecule has 1 aromatic carbocycles. The summed E-state index contributed by atoms with van der Waals surface area (Å²) in [6.07, 6.45) is 4.89. The number of halogens is 1. The highest BCUT2D eigenvalue weighted by molar-refractivity contribution is 5.66. The molecule has 21 heavy (non-hydrogen) atoms. The van der Waals surface area contributed by atoms with Crippen LogP contribution in [0.4, 0.5) is 10.1 Å². The molecule has 3 rings (SSSR count). The van der Waals surface area contributed by atoms with E-state index in [1.165, 1.54) is 12.1 Å². The molecular formula is C16H12FN3O. The molecule has 0 bridgehead atoms. The van der Waals surface area contributed by atoms with Gasteiger partial charge < -0.3 is 10.5 Å². The summed E-state index contributed by atoms with van der Waals surface area (Å²) in [5.41, 5.74) is 7.27. The van der Waals surface area contributed by atoms with Crippen LogP contribution in [0.2, 0.25) is 0 Å². The molecule has 4 nitrogen and oxygen atoms in total. The van der Waals surface area contributed by atoms with Gasteiger partial charge in [-0.25, -0.2) is 4.39 Å². The predicted molar refractivity (Wildman–Crippen MR) is 78.4 cm³/mol. The quantitative estimate of drug-likeness (QED) is 0.744. The standard InChI is InChI=1S/C16H12FN3O/c17-13-9-11(18)4-5-16(13)21-15-6-8-19-10-12(15)14-3-1-2-7-20-14/h1-10H,18H2. The van der Waals surface area contributed by atoms with Crippen molar-refractivity contribution in [3.8, 4) is 22.8 Å². The summed E-state index contributed by atoms with van der Waals surface area (Å²) in [6, 6.07) is 11.5. The van der Waals surface area contributed by atoms with Gasteiger partial charge in [0.15, 0.2) is 11.6 Å². The van der Waals surface area contributed by atoms with Crippen LogP contribution in [0.5, 0.6) is 11.5 Å². The van der Waals surface area contributed by atoms with E-state index in [1.54, 1.807) is 30.7 Å². The summed E-state index contributed by atoms with van der Waals surface area (Å²) < 4.78 is 19.5. The molecule has 0 saturated carbocycles. The molecule has 0 spiro atoms. The fraction of sp³-hybridized carbons (Fsp3) is 0. The lowest BCUT2D eigenvalue weighted by Gasteiger charge is -2.11. The van der Waals surface area contributed by atoms with E-state index < -0.39 is 5.82 Å². The number of nitrogens with zero attached hydrogens (tertiary/aromatic N) is 2. The van der Waals surface area contributed by atoms with Crippen molar-refractivity contribution in [3.05, 3.63) is 66.9 Å². The highest BCUT2D eigenvalue weighted by Gasteiger charge is 2.11. The molecule has 0 radical (unpaired) electrons. The maximum Gasteiger partial charge on any atom is 0.167 e. The van der Waals surface area contributed by atoms with E-state index in [0.717, 1.165) is 0 Å². The van der Waals surface area contributed by atoms with Gasteiger partial charge in [-0.15, -0.1) is 0 Å². The third kappa shape index (κ3) is 2.81. The zero-order valence-corrected chi connectivity index (χ0v) is 11.0. The Morgan fingerprint density at radius 3 is 2.67 bits per heavy atom. The van der Waals surface area contributed by atoms with Crippen molar-refractivity contribution in [1.29, 1.82) is 0 Å². The lowest BCUT2D eigenvalue weighted by Crippen LogP contribution is -1.94. The monoisotopic (exact) mass is 281 g/mol. The maximum absolute atomic E-state index is 13.8. The Bertz CT molecular complexity index is 762. The molecule has 104 valence electrons. The van der Waals surface area contributed by atoms with E-state index in [2.05, 4.69) is 9.97 Å². The SMILES string of the molecule is Nc1ccc(Oc2ccncc2-c2ccccn2)c(F)c1. The minimum atomic E-state index is -0.515. The molecule has 2 N–H and O–H groups in total. The van der Waals surface area contributed by atoms with Crippen LogP contribution in [-0.2, 0) is 0 Å². The largest absolute Gasteiger partial charge is 0.453 e. The molecule has 2 heterocycles. The van der Waals surface area contributed by atoms with Crippen LogP contribution < -0.4 is 10.5 Å². The highest BCUT2D eigenvalue weighted by Crippen LogP contribution is 2.32. The van der Waals surface area contributed by atoms with Crippen molar-refractivity contribution < 1.29 is 9.13 Å². The molecule has 3 aromatic rings. The minimum Gasteiger partial charge on any atom is -0.453 e. The molecule has 5 heteroatoms. The second-order valence-corrected chi connectivity index (χ2v) is 4.38. The number of rotatable bonds is 3. The van der Waals surface area contributed by atoms with Crippen LogP contribution in [-0.4, -0.2) is 9.97 Å². The summed E-state index contributed by atoms with van der Waals surface area (Å²) in [5.74, 6) is 0.0683. The molecule has 0 saturated heterocycles. The summed E-state index contributed by atoms with van der Waals surface area (Å²) in [7, 11) is 0. The minimum absolute atomic E-state index is 0.104. The lowest BCUT2D eigenvalue weighted by atomic mass is 10.1. The van der Waals surface area contributed by atoms with Gasteiger partial charge in [0.1, 0.15) is 5.75 Å². The van der Waals surface area contributed by atoms with Crippen LogP contribution in [0.3, 0.4) is 0 Å². The third-order valence-corrected chi connectivity index (χ3v) is 2.90. The predicted octanol–water partition coefficient (Wildman–Crippen LogP) is 3.66. The molecular weight excluding hydrogens is 269 g/mol. The summed E-state index contributed by atoms with van der Waals surface area (Å²) in [5, 5.41) is 0. The van der Waals surface area contributed by atoms with E-state index in [0.29, 0.717) is 22.7 Å². The van der Waals surface area contributed by atoms with Crippen LogP contribution in [0.1, 0.15) is 0 Å². The second-order valence-electron chi connectivity index (χ2n) is 4.38. The van der Waals surface area contributed by atoms with Crippen molar-refractivity contribution in [2.75, 3.05) is 5.73 Å². The first kappa shape index (κ1) is 13.1. The Labute approximate surface area is 121 Å². The number of aromatic nitrogens is 2. The van der Waals surface area contributed by atoms with Gasteiger partial charge in [-0.2, -0.15) is 0 Å². The van der Waals surface area contributed by atoms with E-state index in [-0.39, 0.29) is 5.75 Å². The second kappa shape index (κ2) is 5.58. The normalized spacial score (nSPS) is 10.3. The van der Waals surface area contributed by atoms with Gasteiger partial charge in [0.2, 0.25) is 0 Å². The molecule has 0 fully saturated rings. The van der Waals surface area contributed by atoms with Crippen molar-refractivity contribution in [1.82, 2.24) is 9.97 Å². The number of pyridine rings is 2. The van der Waals surface area contributed by atoms with Gasteiger partial charge in [0.05, 0.1) is 11.3 Å². The van der Waals surface area contributed by atoms with Gasteiger partial charge in [0, 0.05) is 30.3 Å². The molecule has 0 amide bonds. The highest BCUT2D eigenvalue weighted by atomic mass is 19.1. The van der Waals surface area contributed by atoms with Gasteiger partial charge >= 0.3 is 0 Å². The summed E-state index contributed by atoms with van der Waals surface area (Å²) in [6.45, 7) is 0. The Hall–Kier alpha value is -2.95. The molecule has 0 unspecified atom stereocenters. The fourth-order valence-electron chi connectivity index (χ4n) is 1.90. The summed E-state index contributed by atoms with van der Waals surface area (Å²) >= 11 is 0. The number of hydrogen-bond acceptors (Lipinski definition) is 4. The van der Waals surface area contributed by atoms with Crippen molar-refractivity contribution in [3.63, 3.8) is 0 Å². The lowest BCUT2D eigenvalue weighted by molar-refractivity contribution is 0.443. The van der Waals surface area contributed by atoms with E-state index >= 15 is 0 Å². The Balaban J connectivity index is 2.00. The first-order chi connectivity index (χ1) is 10.2. The Morgan fingerprint density at radius 2 is 1.90 bits per heavy atom. The molecule has 0 aliphatic heterocycles. The van der Waals surface area contributed by atoms with Crippen LogP contribution in [0, 0.1) is 5.82 Å². The zero-order valence-electron chi connectivity index (χ0n) is 11.0. The fourth-order valence-corrected chi connectivity index (χ4v) is 1.90. The number of benzene rings is 1. The van der Waals surface area contributed by atoms with Crippen molar-refractivity contribution >= 4 is 5.69 Å². The summed E-state index contributed by atoms with van der Waals surface area (Å²) in [4.78, 5) is 8.32. The average molecular weight is 281 g/mol. The molecule has 0 atom stereocenters. The average Bonchev–Trinajstić information content (AvgIpc) is 2.51. The number of nitrogen functional groups attached to an aromatic ring is 1. The third-order valence-electron chi connectivity index (χ3n) is 2.90.